The van der Waals surface area contributed by atoms with E-state index in [9.17, 15) is 9.59 Å². The Bertz CT molecular complexity index is 456. The predicted octanol–water partition coefficient (Wildman–Crippen LogP) is -0.271. The van der Waals surface area contributed by atoms with Gasteiger partial charge in [-0.3, -0.25) is 9.48 Å². The number of aliphatic hydroxyl groups is 1. The number of nitrogens with zero attached hydrogens (tertiary/aromatic N) is 2. The number of carbonyl (C=O) groups excluding carboxylic acids is 2. The quantitative estimate of drug-likeness (QED) is 0.693. The van der Waals surface area contributed by atoms with E-state index >= 15 is 0 Å². The maximum absolute atomic E-state index is 12.1. The van der Waals surface area contributed by atoms with Gasteiger partial charge >= 0.3 is 5.97 Å². The van der Waals surface area contributed by atoms with Crippen molar-refractivity contribution in [3.63, 3.8) is 0 Å². The molecule has 2 N–H and O–H groups in total. The minimum absolute atomic E-state index is 0.363. The molecule has 1 rings (SSSR count). The molecular formula is C12H19N3O4. The zero-order chi connectivity index (χ0) is 14.4. The van der Waals surface area contributed by atoms with E-state index in [1.807, 2.05) is 13.8 Å². The third-order valence-corrected chi connectivity index (χ3v) is 2.70. The smallest absolute Gasteiger partial charge is 0.330 e. The Morgan fingerprint density at radius 3 is 2.68 bits per heavy atom. The molecule has 0 saturated carbocycles. The monoisotopic (exact) mass is 269 g/mol. The number of ether oxygens (including phenoxy) is 1. The summed E-state index contributed by atoms with van der Waals surface area (Å²) < 4.78 is 6.04. The zero-order valence-electron chi connectivity index (χ0n) is 11.3. The van der Waals surface area contributed by atoms with E-state index in [2.05, 4.69) is 15.2 Å². The zero-order valence-corrected chi connectivity index (χ0v) is 11.3. The number of rotatable bonds is 6. The van der Waals surface area contributed by atoms with Gasteiger partial charge in [-0.1, -0.05) is 6.92 Å². The Labute approximate surface area is 111 Å². The molecule has 7 heteroatoms. The lowest BCUT2D eigenvalue weighted by Crippen LogP contribution is -2.44. The van der Waals surface area contributed by atoms with Crippen molar-refractivity contribution < 1.29 is 19.4 Å². The number of aromatic nitrogens is 2. The normalized spacial score (nSPS) is 12.0. The molecule has 19 heavy (non-hydrogen) atoms. The van der Waals surface area contributed by atoms with Crippen molar-refractivity contribution in [1.82, 2.24) is 15.1 Å². The molecule has 0 aromatic carbocycles. The summed E-state index contributed by atoms with van der Waals surface area (Å²) in [6.45, 7) is 3.84. The van der Waals surface area contributed by atoms with Gasteiger partial charge in [0.15, 0.2) is 6.04 Å². The number of nitrogens with one attached hydrogen (secondary N) is 1. The van der Waals surface area contributed by atoms with Gasteiger partial charge in [-0.2, -0.15) is 5.10 Å². The summed E-state index contributed by atoms with van der Waals surface area (Å²) in [5.41, 5.74) is 1.16. The Kier molecular flexibility index (Phi) is 5.50. The van der Waals surface area contributed by atoms with Gasteiger partial charge in [-0.15, -0.1) is 0 Å². The van der Waals surface area contributed by atoms with Gasteiger partial charge < -0.3 is 15.2 Å². The first-order valence-corrected chi connectivity index (χ1v) is 6.13. The molecule has 1 heterocycles. The van der Waals surface area contributed by atoms with Crippen LogP contribution in [0, 0.1) is 0 Å². The molecule has 1 atom stereocenters. The second-order valence-electron chi connectivity index (χ2n) is 3.92. The van der Waals surface area contributed by atoms with Gasteiger partial charge in [0, 0.05) is 6.54 Å². The number of aryl methyl sites for hydroxylation is 2. The summed E-state index contributed by atoms with van der Waals surface area (Å²) in [5, 5.41) is 15.7. The lowest BCUT2D eigenvalue weighted by atomic mass is 10.2. The van der Waals surface area contributed by atoms with Crippen LogP contribution in [-0.2, 0) is 22.5 Å². The highest BCUT2D eigenvalue weighted by atomic mass is 16.5. The van der Waals surface area contributed by atoms with E-state index in [1.165, 1.54) is 7.11 Å². The van der Waals surface area contributed by atoms with E-state index in [-0.39, 0.29) is 0 Å². The molecule has 1 unspecified atom stereocenters. The molecule has 0 fully saturated rings. The largest absolute Gasteiger partial charge is 0.467 e. The molecule has 1 aromatic rings. The first-order valence-electron chi connectivity index (χ1n) is 6.13. The molecule has 1 amide bonds. The van der Waals surface area contributed by atoms with Crippen LogP contribution in [0.3, 0.4) is 0 Å². The maximum Gasteiger partial charge on any atom is 0.330 e. The number of carbonyl (C=O) groups is 2. The fraction of sp³-hybridized carbons (Fsp3) is 0.583. The van der Waals surface area contributed by atoms with Crippen LogP contribution in [0.4, 0.5) is 0 Å². The summed E-state index contributed by atoms with van der Waals surface area (Å²) >= 11 is 0. The van der Waals surface area contributed by atoms with Crippen LogP contribution in [0.2, 0.25) is 0 Å². The van der Waals surface area contributed by atoms with Gasteiger partial charge in [0.2, 0.25) is 0 Å². The number of hydrogen-bond donors (Lipinski definition) is 2. The Morgan fingerprint density at radius 2 is 2.21 bits per heavy atom. The number of amides is 1. The van der Waals surface area contributed by atoms with Crippen LogP contribution >= 0.6 is 0 Å². The van der Waals surface area contributed by atoms with Crippen molar-refractivity contribution in [2.45, 2.75) is 32.9 Å². The van der Waals surface area contributed by atoms with Gasteiger partial charge in [-0.25, -0.2) is 4.79 Å². The minimum atomic E-state index is -1.07. The van der Waals surface area contributed by atoms with Crippen molar-refractivity contribution in [3.8, 4) is 0 Å². The SMILES string of the molecule is CCc1cc(C(=O)NC(CO)C(=O)OC)n(CC)n1. The average molecular weight is 269 g/mol. The standard InChI is InChI=1S/C12H19N3O4/c1-4-8-6-10(15(5-2)14-8)11(17)13-9(7-16)12(18)19-3/h6,9,16H,4-5,7H2,1-3H3,(H,13,17). The fourth-order valence-corrected chi connectivity index (χ4v) is 1.62. The van der Waals surface area contributed by atoms with E-state index < -0.39 is 24.5 Å². The number of aliphatic hydroxyl groups excluding tert-OH is 1. The number of methoxy groups -OCH3 is 1. The van der Waals surface area contributed by atoms with Crippen LogP contribution in [0.25, 0.3) is 0 Å². The number of hydrogen-bond acceptors (Lipinski definition) is 5. The van der Waals surface area contributed by atoms with Crippen LogP contribution in [0.1, 0.15) is 30.0 Å². The highest BCUT2D eigenvalue weighted by Crippen LogP contribution is 2.06. The first-order chi connectivity index (χ1) is 9.07. The average Bonchev–Trinajstić information content (AvgIpc) is 2.87. The third-order valence-electron chi connectivity index (χ3n) is 2.70. The molecule has 0 aliphatic rings. The first kappa shape index (κ1) is 15.2. The summed E-state index contributed by atoms with van der Waals surface area (Å²) in [6.07, 6.45) is 0.716. The lowest BCUT2D eigenvalue weighted by molar-refractivity contribution is -0.143. The molecule has 0 spiro atoms. The summed E-state index contributed by atoms with van der Waals surface area (Å²) in [7, 11) is 1.20. The second-order valence-corrected chi connectivity index (χ2v) is 3.92. The fourth-order valence-electron chi connectivity index (χ4n) is 1.62. The highest BCUT2D eigenvalue weighted by Gasteiger charge is 2.23. The van der Waals surface area contributed by atoms with Gasteiger partial charge in [0.25, 0.3) is 5.91 Å². The van der Waals surface area contributed by atoms with Gasteiger partial charge in [-0.05, 0) is 19.4 Å². The third kappa shape index (κ3) is 3.54. The lowest BCUT2D eigenvalue weighted by Gasteiger charge is -2.13. The molecule has 0 bridgehead atoms. The predicted molar refractivity (Wildman–Crippen MR) is 67.6 cm³/mol. The van der Waals surface area contributed by atoms with E-state index in [1.54, 1.807) is 10.7 Å². The van der Waals surface area contributed by atoms with Crippen molar-refractivity contribution in [3.05, 3.63) is 17.5 Å². The van der Waals surface area contributed by atoms with Crippen LogP contribution in [-0.4, -0.2) is 46.5 Å². The van der Waals surface area contributed by atoms with E-state index in [0.717, 1.165) is 5.69 Å². The summed E-state index contributed by atoms with van der Waals surface area (Å²) in [4.78, 5) is 23.4. The molecule has 0 radical (unpaired) electrons. The van der Waals surface area contributed by atoms with Crippen LogP contribution < -0.4 is 5.32 Å². The highest BCUT2D eigenvalue weighted by molar-refractivity contribution is 5.95. The Morgan fingerprint density at radius 1 is 1.53 bits per heavy atom. The molecule has 0 aliphatic carbocycles. The summed E-state index contributed by atoms with van der Waals surface area (Å²) in [5.74, 6) is -1.15. The molecule has 0 aliphatic heterocycles. The van der Waals surface area contributed by atoms with Crippen molar-refractivity contribution >= 4 is 11.9 Å². The van der Waals surface area contributed by atoms with Crippen molar-refractivity contribution in [1.29, 1.82) is 0 Å². The van der Waals surface area contributed by atoms with Gasteiger partial charge in [0.1, 0.15) is 5.69 Å². The molecule has 106 valence electrons. The summed E-state index contributed by atoms with van der Waals surface area (Å²) in [6, 6.07) is 0.604. The number of esters is 1. The Balaban J connectivity index is 2.87. The molecule has 1 aromatic heterocycles. The molecule has 0 saturated heterocycles. The molecular weight excluding hydrogens is 250 g/mol. The second kappa shape index (κ2) is 6.89. The maximum atomic E-state index is 12.1. The minimum Gasteiger partial charge on any atom is -0.467 e. The van der Waals surface area contributed by atoms with Gasteiger partial charge in [0.05, 0.1) is 19.4 Å². The van der Waals surface area contributed by atoms with Crippen molar-refractivity contribution in [2.24, 2.45) is 0 Å². The van der Waals surface area contributed by atoms with E-state index in [0.29, 0.717) is 18.7 Å². The van der Waals surface area contributed by atoms with Crippen LogP contribution in [0.5, 0.6) is 0 Å². The van der Waals surface area contributed by atoms with Crippen LogP contribution in [0.15, 0.2) is 6.07 Å². The van der Waals surface area contributed by atoms with E-state index in [4.69, 9.17) is 5.11 Å². The van der Waals surface area contributed by atoms with Crippen molar-refractivity contribution in [2.75, 3.05) is 13.7 Å². The Hall–Kier alpha value is -1.89. The molecule has 7 nitrogen and oxygen atoms in total. The topological polar surface area (TPSA) is 93.5 Å².